The van der Waals surface area contributed by atoms with Crippen LogP contribution in [0.2, 0.25) is 5.15 Å². The van der Waals surface area contributed by atoms with Gasteiger partial charge in [0.05, 0.1) is 17.6 Å². The van der Waals surface area contributed by atoms with Crippen molar-refractivity contribution in [2.45, 2.75) is 25.7 Å². The lowest BCUT2D eigenvalue weighted by atomic mass is 9.94. The van der Waals surface area contributed by atoms with Gasteiger partial charge >= 0.3 is 6.03 Å². The van der Waals surface area contributed by atoms with Crippen LogP contribution < -0.4 is 10.9 Å². The van der Waals surface area contributed by atoms with Crippen LogP contribution in [-0.4, -0.2) is 39.0 Å². The zero-order valence-electron chi connectivity index (χ0n) is 13.3. The van der Waals surface area contributed by atoms with Crippen LogP contribution in [0.5, 0.6) is 0 Å². The number of H-pyrrole nitrogens is 1. The third kappa shape index (κ3) is 3.91. The molecule has 0 aliphatic carbocycles. The number of carbonyl (C=O) groups is 1. The molecule has 2 N–H and O–H groups in total. The number of aromatic amines is 1. The van der Waals surface area contributed by atoms with E-state index in [2.05, 4.69) is 20.3 Å². The van der Waals surface area contributed by atoms with Crippen molar-refractivity contribution in [1.29, 1.82) is 0 Å². The fourth-order valence-corrected chi connectivity index (χ4v) is 2.98. The van der Waals surface area contributed by atoms with Crippen molar-refractivity contribution in [1.82, 2.24) is 19.9 Å². The topological polar surface area (TPSA) is 91.0 Å². The highest BCUT2D eigenvalue weighted by Crippen LogP contribution is 2.25. The smallest absolute Gasteiger partial charge is 0.321 e. The molecule has 1 aliphatic rings. The van der Waals surface area contributed by atoms with Crippen LogP contribution in [0, 0.1) is 6.92 Å². The highest BCUT2D eigenvalue weighted by atomic mass is 35.5. The lowest BCUT2D eigenvalue weighted by Crippen LogP contribution is -2.42. The maximum atomic E-state index is 12.4. The van der Waals surface area contributed by atoms with E-state index in [9.17, 15) is 9.59 Å². The second-order valence-corrected chi connectivity index (χ2v) is 6.23. The van der Waals surface area contributed by atoms with Crippen molar-refractivity contribution in [2.24, 2.45) is 0 Å². The number of hydrogen-bond donors (Lipinski definition) is 2. The number of anilines is 1. The molecule has 0 aromatic carbocycles. The van der Waals surface area contributed by atoms with Gasteiger partial charge in [-0.15, -0.1) is 0 Å². The van der Waals surface area contributed by atoms with E-state index in [0.29, 0.717) is 29.8 Å². The first kappa shape index (κ1) is 16.4. The molecule has 0 saturated carbocycles. The van der Waals surface area contributed by atoms with Crippen LogP contribution in [-0.2, 0) is 0 Å². The first-order valence-corrected chi connectivity index (χ1v) is 8.14. The summed E-state index contributed by atoms with van der Waals surface area (Å²) in [4.78, 5) is 36.8. The Kier molecular flexibility index (Phi) is 4.80. The van der Waals surface area contributed by atoms with E-state index < -0.39 is 0 Å². The van der Waals surface area contributed by atoms with Crippen molar-refractivity contribution in [3.8, 4) is 0 Å². The number of nitrogens with one attached hydrogen (secondary N) is 2. The fraction of sp³-hybridized carbons (Fsp3) is 0.375. The summed E-state index contributed by atoms with van der Waals surface area (Å²) in [6.07, 6.45) is 3.29. The second-order valence-electron chi connectivity index (χ2n) is 5.84. The van der Waals surface area contributed by atoms with Crippen LogP contribution in [0.4, 0.5) is 10.5 Å². The Bertz CT molecular complexity index is 790. The first-order chi connectivity index (χ1) is 11.5. The number of halogens is 1. The SMILES string of the molecule is Cc1nc([C@H]2CCCN(C(=O)Nc3ccc(Cl)nc3)C2)cc(=O)[nH]1. The average molecular weight is 348 g/mol. The quantitative estimate of drug-likeness (QED) is 0.817. The highest BCUT2D eigenvalue weighted by molar-refractivity contribution is 6.29. The summed E-state index contributed by atoms with van der Waals surface area (Å²) in [5.74, 6) is 0.653. The predicted octanol–water partition coefficient (Wildman–Crippen LogP) is 2.54. The third-order valence-corrected chi connectivity index (χ3v) is 4.21. The second kappa shape index (κ2) is 7.00. The monoisotopic (exact) mass is 347 g/mol. The Morgan fingerprint density at radius 3 is 3.00 bits per heavy atom. The molecule has 0 unspecified atom stereocenters. The number of likely N-dealkylation sites (tertiary alicyclic amines) is 1. The Labute approximate surface area is 144 Å². The number of nitrogens with zero attached hydrogens (tertiary/aromatic N) is 3. The lowest BCUT2D eigenvalue weighted by Gasteiger charge is -2.32. The van der Waals surface area contributed by atoms with Gasteiger partial charge in [0, 0.05) is 25.1 Å². The molecule has 8 heteroatoms. The first-order valence-electron chi connectivity index (χ1n) is 7.76. The summed E-state index contributed by atoms with van der Waals surface area (Å²) in [5.41, 5.74) is 1.17. The molecule has 2 aromatic rings. The summed E-state index contributed by atoms with van der Waals surface area (Å²) < 4.78 is 0. The molecule has 0 bridgehead atoms. The highest BCUT2D eigenvalue weighted by Gasteiger charge is 2.26. The number of hydrogen-bond acceptors (Lipinski definition) is 4. The van der Waals surface area contributed by atoms with Crippen LogP contribution in [0.1, 0.15) is 30.3 Å². The molecule has 1 saturated heterocycles. The minimum absolute atomic E-state index is 0.0637. The van der Waals surface area contributed by atoms with Gasteiger partial charge in [-0.25, -0.2) is 14.8 Å². The Hall–Kier alpha value is -2.41. The van der Waals surface area contributed by atoms with Crippen LogP contribution in [0.25, 0.3) is 0 Å². The van der Waals surface area contributed by atoms with Crippen LogP contribution in [0.3, 0.4) is 0 Å². The Morgan fingerprint density at radius 2 is 2.29 bits per heavy atom. The molecule has 0 radical (unpaired) electrons. The maximum Gasteiger partial charge on any atom is 0.321 e. The molecular formula is C16H18ClN5O2. The molecule has 2 aromatic heterocycles. The minimum Gasteiger partial charge on any atom is -0.324 e. The van der Waals surface area contributed by atoms with E-state index in [-0.39, 0.29) is 17.5 Å². The minimum atomic E-state index is -0.189. The number of pyridine rings is 1. The van der Waals surface area contributed by atoms with E-state index in [4.69, 9.17) is 11.6 Å². The van der Waals surface area contributed by atoms with Crippen molar-refractivity contribution in [2.75, 3.05) is 18.4 Å². The molecule has 1 fully saturated rings. The predicted molar refractivity (Wildman–Crippen MR) is 91.4 cm³/mol. The third-order valence-electron chi connectivity index (χ3n) is 3.99. The van der Waals surface area contributed by atoms with Gasteiger partial charge in [-0.05, 0) is 31.9 Å². The average Bonchev–Trinajstić information content (AvgIpc) is 2.56. The molecule has 126 valence electrons. The molecule has 3 rings (SSSR count). The molecule has 7 nitrogen and oxygen atoms in total. The number of aromatic nitrogens is 3. The van der Waals surface area contributed by atoms with E-state index >= 15 is 0 Å². The summed E-state index contributed by atoms with van der Waals surface area (Å²) in [6.45, 7) is 2.96. The van der Waals surface area contributed by atoms with Gasteiger partial charge < -0.3 is 15.2 Å². The molecule has 0 spiro atoms. The number of carbonyl (C=O) groups excluding carboxylic acids is 1. The summed E-state index contributed by atoms with van der Waals surface area (Å²) in [5, 5.41) is 3.19. The van der Waals surface area contributed by atoms with E-state index in [0.717, 1.165) is 18.5 Å². The Morgan fingerprint density at radius 1 is 1.46 bits per heavy atom. The zero-order valence-corrected chi connectivity index (χ0v) is 14.0. The van der Waals surface area contributed by atoms with Crippen LogP contribution in [0.15, 0.2) is 29.2 Å². The fourth-order valence-electron chi connectivity index (χ4n) is 2.87. The molecule has 3 heterocycles. The van der Waals surface area contributed by atoms with E-state index in [1.54, 1.807) is 24.0 Å². The Balaban J connectivity index is 1.69. The normalized spacial score (nSPS) is 17.6. The van der Waals surface area contributed by atoms with Gasteiger partial charge in [-0.1, -0.05) is 11.6 Å². The van der Waals surface area contributed by atoms with Gasteiger partial charge in [0.2, 0.25) is 0 Å². The lowest BCUT2D eigenvalue weighted by molar-refractivity contribution is 0.192. The van der Waals surface area contributed by atoms with Gasteiger partial charge in [0.1, 0.15) is 11.0 Å². The number of rotatable bonds is 2. The number of urea groups is 1. The molecular weight excluding hydrogens is 330 g/mol. The summed E-state index contributed by atoms with van der Waals surface area (Å²) in [6, 6.07) is 4.66. The molecule has 1 aliphatic heterocycles. The van der Waals surface area contributed by atoms with Crippen molar-refractivity contribution >= 4 is 23.3 Å². The molecule has 24 heavy (non-hydrogen) atoms. The van der Waals surface area contributed by atoms with Crippen molar-refractivity contribution in [3.63, 3.8) is 0 Å². The van der Waals surface area contributed by atoms with Crippen molar-refractivity contribution in [3.05, 3.63) is 51.4 Å². The maximum absolute atomic E-state index is 12.4. The van der Waals surface area contributed by atoms with Gasteiger partial charge in [-0.2, -0.15) is 0 Å². The zero-order chi connectivity index (χ0) is 17.1. The largest absolute Gasteiger partial charge is 0.324 e. The van der Waals surface area contributed by atoms with E-state index in [1.165, 1.54) is 12.3 Å². The van der Waals surface area contributed by atoms with Crippen LogP contribution >= 0.6 is 11.6 Å². The molecule has 2 amide bonds. The van der Waals surface area contributed by atoms with Gasteiger partial charge in [0.15, 0.2) is 0 Å². The van der Waals surface area contributed by atoms with Crippen molar-refractivity contribution < 1.29 is 4.79 Å². The number of piperidine rings is 1. The van der Waals surface area contributed by atoms with Gasteiger partial charge in [-0.3, -0.25) is 4.79 Å². The number of amides is 2. The summed E-state index contributed by atoms with van der Waals surface area (Å²) in [7, 11) is 0. The van der Waals surface area contributed by atoms with E-state index in [1.807, 2.05) is 0 Å². The van der Waals surface area contributed by atoms with Gasteiger partial charge in [0.25, 0.3) is 5.56 Å². The number of aryl methyl sites for hydroxylation is 1. The molecule has 1 atom stereocenters. The standard InChI is InChI=1S/C16H18ClN5O2/c1-10-19-13(7-15(23)20-10)11-3-2-6-22(9-11)16(24)21-12-4-5-14(17)18-8-12/h4-5,7-8,11H,2-3,6,9H2,1H3,(H,21,24)(H,19,20,23)/t11-/m0/s1. The summed E-state index contributed by atoms with van der Waals surface area (Å²) >= 11 is 5.74.